The molecule has 6 rings (SSSR count). The minimum absolute atomic E-state index is 0.0199. The van der Waals surface area contributed by atoms with E-state index in [0.29, 0.717) is 24.8 Å². The standard InChI is InChI=1S/C35H41N5O2/c1-37(2)23-26-20-29-12-6-9-15-33(29)39(24-26)35(42)34(21-30-22-36-32-14-8-7-13-31(30)32)40(25-41)38-18-16-28(17-19-38)27-10-4-3-5-11-27/h3-15,22,25-26,28,34,36H,16-21,23-24H2,1-2H3/t26-,34-/m1/s1. The number of benzene rings is 3. The lowest BCUT2D eigenvalue weighted by Crippen LogP contribution is -2.58. The molecule has 0 saturated carbocycles. The average molecular weight is 564 g/mol. The number of hydrogen-bond donors (Lipinski definition) is 1. The van der Waals surface area contributed by atoms with E-state index < -0.39 is 6.04 Å². The molecule has 2 aliphatic rings. The normalized spacial score (nSPS) is 18.6. The Hall–Kier alpha value is -3.94. The molecular weight excluding hydrogens is 522 g/mol. The van der Waals surface area contributed by atoms with Crippen LogP contribution >= 0.6 is 0 Å². The van der Waals surface area contributed by atoms with Crippen LogP contribution in [0.1, 0.15) is 35.4 Å². The van der Waals surface area contributed by atoms with E-state index in [4.69, 9.17) is 0 Å². The number of fused-ring (bicyclic) bond motifs is 2. The fraction of sp³-hybridized carbons (Fsp3) is 0.371. The second kappa shape index (κ2) is 12.5. The van der Waals surface area contributed by atoms with E-state index in [2.05, 4.69) is 83.6 Å². The number of para-hydroxylation sites is 2. The highest BCUT2D eigenvalue weighted by Crippen LogP contribution is 2.33. The van der Waals surface area contributed by atoms with Crippen LogP contribution in [0.5, 0.6) is 0 Å². The zero-order valence-electron chi connectivity index (χ0n) is 24.7. The number of nitrogens with one attached hydrogen (secondary N) is 1. The van der Waals surface area contributed by atoms with Crippen LogP contribution in [-0.2, 0) is 22.4 Å². The minimum Gasteiger partial charge on any atom is -0.361 e. The van der Waals surface area contributed by atoms with Gasteiger partial charge in [0.25, 0.3) is 5.91 Å². The van der Waals surface area contributed by atoms with Crippen LogP contribution in [0.25, 0.3) is 10.9 Å². The Morgan fingerprint density at radius 2 is 1.69 bits per heavy atom. The van der Waals surface area contributed by atoms with Crippen molar-refractivity contribution < 1.29 is 9.59 Å². The number of carbonyl (C=O) groups excluding carboxylic acids is 2. The molecule has 7 nitrogen and oxygen atoms in total. The van der Waals surface area contributed by atoms with Crippen molar-refractivity contribution in [2.45, 2.75) is 37.6 Å². The summed E-state index contributed by atoms with van der Waals surface area (Å²) in [6.07, 6.45) is 6.15. The lowest BCUT2D eigenvalue weighted by atomic mass is 9.90. The van der Waals surface area contributed by atoms with Crippen molar-refractivity contribution in [1.82, 2.24) is 19.9 Å². The molecule has 0 radical (unpaired) electrons. The number of piperidine rings is 1. The number of aromatic nitrogens is 1. The summed E-state index contributed by atoms with van der Waals surface area (Å²) in [6, 6.07) is 26.4. The maximum atomic E-state index is 14.8. The average Bonchev–Trinajstić information content (AvgIpc) is 3.43. The molecular formula is C35H41N5O2. The molecule has 0 unspecified atom stereocenters. The van der Waals surface area contributed by atoms with Gasteiger partial charge in [-0.1, -0.05) is 66.7 Å². The quantitative estimate of drug-likeness (QED) is 0.288. The largest absolute Gasteiger partial charge is 0.361 e. The van der Waals surface area contributed by atoms with Gasteiger partial charge in [-0.25, -0.2) is 5.01 Å². The number of hydrazine groups is 1. The molecule has 4 aromatic rings. The van der Waals surface area contributed by atoms with Gasteiger partial charge < -0.3 is 14.8 Å². The van der Waals surface area contributed by atoms with Crippen molar-refractivity contribution in [1.29, 1.82) is 0 Å². The first-order chi connectivity index (χ1) is 20.5. The third-order valence-corrected chi connectivity index (χ3v) is 8.99. The fourth-order valence-electron chi connectivity index (χ4n) is 7.00. The van der Waals surface area contributed by atoms with Gasteiger partial charge in [-0.15, -0.1) is 0 Å². The number of carbonyl (C=O) groups is 2. The maximum Gasteiger partial charge on any atom is 0.251 e. The minimum atomic E-state index is -0.652. The zero-order chi connectivity index (χ0) is 29.1. The maximum absolute atomic E-state index is 14.8. The Balaban J connectivity index is 1.32. The summed E-state index contributed by atoms with van der Waals surface area (Å²) in [4.78, 5) is 35.2. The van der Waals surface area contributed by atoms with E-state index in [-0.39, 0.29) is 5.91 Å². The second-order valence-electron chi connectivity index (χ2n) is 12.1. The molecule has 1 saturated heterocycles. The first-order valence-corrected chi connectivity index (χ1v) is 15.1. The Bertz CT molecular complexity index is 1510. The fourth-order valence-corrected chi connectivity index (χ4v) is 7.00. The molecule has 2 atom stereocenters. The lowest BCUT2D eigenvalue weighted by molar-refractivity contribution is -0.151. The van der Waals surface area contributed by atoms with Crippen molar-refractivity contribution in [3.63, 3.8) is 0 Å². The third-order valence-electron chi connectivity index (χ3n) is 8.99. The van der Waals surface area contributed by atoms with E-state index in [1.807, 2.05) is 35.4 Å². The van der Waals surface area contributed by atoms with Crippen molar-refractivity contribution in [2.75, 3.05) is 45.2 Å². The van der Waals surface area contributed by atoms with Gasteiger partial charge in [0, 0.05) is 55.4 Å². The Morgan fingerprint density at radius 3 is 2.45 bits per heavy atom. The molecule has 0 spiro atoms. The van der Waals surface area contributed by atoms with Gasteiger partial charge in [0.2, 0.25) is 6.41 Å². The monoisotopic (exact) mass is 563 g/mol. The molecule has 0 aliphatic carbocycles. The highest BCUT2D eigenvalue weighted by molar-refractivity contribution is 5.99. The van der Waals surface area contributed by atoms with E-state index in [9.17, 15) is 9.59 Å². The zero-order valence-corrected chi connectivity index (χ0v) is 24.7. The SMILES string of the molecule is CN(C)C[C@H]1Cc2ccccc2N(C(=O)[C@@H](Cc2c[nH]c3ccccc23)N(C=O)N2CCC(c3ccccc3)CC2)C1. The van der Waals surface area contributed by atoms with Gasteiger partial charge in [-0.2, -0.15) is 0 Å². The van der Waals surface area contributed by atoms with E-state index in [0.717, 1.165) is 67.5 Å². The summed E-state index contributed by atoms with van der Waals surface area (Å²) in [5.41, 5.74) is 5.59. The van der Waals surface area contributed by atoms with Gasteiger partial charge in [0.1, 0.15) is 6.04 Å². The van der Waals surface area contributed by atoms with Crippen LogP contribution < -0.4 is 4.90 Å². The molecule has 0 bridgehead atoms. The van der Waals surface area contributed by atoms with Gasteiger partial charge in [0.15, 0.2) is 0 Å². The number of rotatable bonds is 9. The van der Waals surface area contributed by atoms with Crippen molar-refractivity contribution in [3.8, 4) is 0 Å². The van der Waals surface area contributed by atoms with Gasteiger partial charge >= 0.3 is 0 Å². The summed E-state index contributed by atoms with van der Waals surface area (Å²) in [5.74, 6) is 0.756. The number of H-pyrrole nitrogens is 1. The summed E-state index contributed by atoms with van der Waals surface area (Å²) < 4.78 is 0. The van der Waals surface area contributed by atoms with E-state index in [1.165, 1.54) is 11.1 Å². The van der Waals surface area contributed by atoms with Crippen LogP contribution in [-0.4, -0.2) is 78.5 Å². The van der Waals surface area contributed by atoms with Gasteiger partial charge in [-0.05, 0) is 74.0 Å². The summed E-state index contributed by atoms with van der Waals surface area (Å²) >= 11 is 0. The molecule has 42 heavy (non-hydrogen) atoms. The molecule has 3 aromatic carbocycles. The second-order valence-corrected chi connectivity index (χ2v) is 12.1. The van der Waals surface area contributed by atoms with Crippen molar-refractivity contribution in [2.24, 2.45) is 5.92 Å². The first-order valence-electron chi connectivity index (χ1n) is 15.1. The molecule has 1 aromatic heterocycles. The summed E-state index contributed by atoms with van der Waals surface area (Å²) in [7, 11) is 4.17. The molecule has 218 valence electrons. The molecule has 2 aliphatic heterocycles. The summed E-state index contributed by atoms with van der Waals surface area (Å²) in [6.45, 7) is 3.00. The molecule has 1 N–H and O–H groups in total. The highest BCUT2D eigenvalue weighted by atomic mass is 16.2. The topological polar surface area (TPSA) is 62.9 Å². The highest BCUT2D eigenvalue weighted by Gasteiger charge is 2.38. The number of anilines is 1. The Labute approximate surface area is 248 Å². The number of nitrogens with zero attached hydrogens (tertiary/aromatic N) is 4. The number of hydrogen-bond acceptors (Lipinski definition) is 4. The lowest BCUT2D eigenvalue weighted by Gasteiger charge is -2.44. The van der Waals surface area contributed by atoms with Crippen LogP contribution in [0.2, 0.25) is 0 Å². The smallest absolute Gasteiger partial charge is 0.251 e. The van der Waals surface area contributed by atoms with Gasteiger partial charge in [-0.3, -0.25) is 14.6 Å². The first kappa shape index (κ1) is 28.2. The van der Waals surface area contributed by atoms with E-state index in [1.54, 1.807) is 5.01 Å². The predicted molar refractivity (Wildman–Crippen MR) is 168 cm³/mol. The Morgan fingerprint density at radius 1 is 0.976 bits per heavy atom. The molecule has 7 heteroatoms. The van der Waals surface area contributed by atoms with Crippen molar-refractivity contribution in [3.05, 3.63) is 102 Å². The molecule has 1 fully saturated rings. The third kappa shape index (κ3) is 5.85. The van der Waals surface area contributed by atoms with Crippen LogP contribution in [0.3, 0.4) is 0 Å². The molecule has 3 heterocycles. The van der Waals surface area contributed by atoms with Crippen LogP contribution in [0.15, 0.2) is 85.1 Å². The number of amides is 2. The van der Waals surface area contributed by atoms with Crippen LogP contribution in [0.4, 0.5) is 5.69 Å². The van der Waals surface area contributed by atoms with Gasteiger partial charge in [0.05, 0.1) is 0 Å². The van der Waals surface area contributed by atoms with E-state index >= 15 is 0 Å². The predicted octanol–water partition coefficient (Wildman–Crippen LogP) is 5.10. The van der Waals surface area contributed by atoms with Crippen molar-refractivity contribution >= 4 is 28.9 Å². The molecule has 2 amide bonds. The Kier molecular flexibility index (Phi) is 8.40. The summed E-state index contributed by atoms with van der Waals surface area (Å²) in [5, 5.41) is 4.91. The van der Waals surface area contributed by atoms with Crippen LogP contribution in [0, 0.1) is 5.92 Å². The number of aromatic amines is 1.